The van der Waals surface area contributed by atoms with Crippen molar-refractivity contribution < 1.29 is 9.18 Å². The van der Waals surface area contributed by atoms with E-state index in [0.29, 0.717) is 52.9 Å². The number of benzene rings is 2. The van der Waals surface area contributed by atoms with E-state index in [-0.39, 0.29) is 34.5 Å². The number of piperazine rings is 1. The molecule has 9 nitrogen and oxygen atoms in total. The quantitative estimate of drug-likeness (QED) is 0.208. The van der Waals surface area contributed by atoms with Crippen LogP contribution in [0.25, 0.3) is 22.2 Å². The maximum atomic E-state index is 14.6. The fourth-order valence-electron chi connectivity index (χ4n) is 7.15. The predicted molar refractivity (Wildman–Crippen MR) is 192 cm³/mol. The molecule has 0 spiro atoms. The first-order chi connectivity index (χ1) is 23.0. The van der Waals surface area contributed by atoms with Crippen molar-refractivity contribution >= 4 is 45.9 Å². The summed E-state index contributed by atoms with van der Waals surface area (Å²) in [6, 6.07) is 10.7. The van der Waals surface area contributed by atoms with E-state index in [0.717, 1.165) is 50.3 Å². The van der Waals surface area contributed by atoms with Crippen LogP contribution in [0.5, 0.6) is 0 Å². The number of likely N-dealkylation sites (N-methyl/N-ethyl adjacent to an activating group) is 1. The summed E-state index contributed by atoms with van der Waals surface area (Å²) in [4.78, 5) is 41.3. The Hall–Kier alpha value is -4.02. The summed E-state index contributed by atoms with van der Waals surface area (Å²) >= 11 is 6.45. The number of nitrogens with one attached hydrogen (secondary N) is 2. The average Bonchev–Trinajstić information content (AvgIpc) is 3.04. The normalized spacial score (nSPS) is 18.8. The number of carbonyl (C=O) groups is 1. The van der Waals surface area contributed by atoms with Crippen molar-refractivity contribution in [2.75, 3.05) is 43.4 Å². The second kappa shape index (κ2) is 14.2. The number of anilines is 3. The molecule has 3 heterocycles. The topological polar surface area (TPSA) is 95.4 Å². The van der Waals surface area contributed by atoms with E-state index in [4.69, 9.17) is 16.6 Å². The zero-order chi connectivity index (χ0) is 34.1. The highest BCUT2D eigenvalue weighted by Gasteiger charge is 2.29. The van der Waals surface area contributed by atoms with Crippen molar-refractivity contribution in [1.82, 2.24) is 24.8 Å². The van der Waals surface area contributed by atoms with Gasteiger partial charge >= 0.3 is 0 Å². The Balaban J connectivity index is 1.36. The number of pyridine rings is 1. The lowest BCUT2D eigenvalue weighted by Gasteiger charge is -2.35. The van der Waals surface area contributed by atoms with Gasteiger partial charge in [-0.25, -0.2) is 9.37 Å². The van der Waals surface area contributed by atoms with E-state index in [1.165, 1.54) is 11.8 Å². The maximum Gasteiger partial charge on any atom is 0.260 e. The maximum absolute atomic E-state index is 14.6. The molecule has 254 valence electrons. The fraction of sp³-hybridized carbons (Fsp3) is 0.459. The number of rotatable bonds is 8. The van der Waals surface area contributed by atoms with Gasteiger partial charge in [0, 0.05) is 73.2 Å². The van der Waals surface area contributed by atoms with Gasteiger partial charge in [0.15, 0.2) is 0 Å². The standard InChI is InChI=1S/C37H45ClFN7O2/c1-22(2)19-32(47)41-25-9-12-27(13-10-25)46-35-29(24(4)33(36(46)48)28-7-6-8-30(39)34(28)38)21-40-37(43-35)42-26-11-14-31(23(3)20-26)45-17-15-44(5)16-18-45/h6-8,11,14,20-22,25,27H,9-10,12-13,15-19H2,1-5H3,(H,41,47)(H,40,42,43)/t25-,27+. The van der Waals surface area contributed by atoms with Gasteiger partial charge in [-0.05, 0) is 87.9 Å². The molecule has 0 radical (unpaired) electrons. The molecule has 0 atom stereocenters. The van der Waals surface area contributed by atoms with Gasteiger partial charge < -0.3 is 20.4 Å². The molecule has 1 aliphatic carbocycles. The van der Waals surface area contributed by atoms with Crippen LogP contribution in [-0.4, -0.2) is 64.6 Å². The van der Waals surface area contributed by atoms with Crippen LogP contribution in [0.15, 0.2) is 47.4 Å². The molecular formula is C37H45ClFN7O2. The fourth-order valence-corrected chi connectivity index (χ4v) is 7.37. The van der Waals surface area contributed by atoms with Crippen LogP contribution in [0.3, 0.4) is 0 Å². The van der Waals surface area contributed by atoms with Crippen molar-refractivity contribution in [3.63, 3.8) is 0 Å². The van der Waals surface area contributed by atoms with Gasteiger partial charge in [-0.2, -0.15) is 4.98 Å². The van der Waals surface area contributed by atoms with Gasteiger partial charge in [-0.1, -0.05) is 37.6 Å². The minimum Gasteiger partial charge on any atom is -0.369 e. The molecule has 2 aromatic carbocycles. The highest BCUT2D eigenvalue weighted by Crippen LogP contribution is 2.36. The zero-order valence-corrected chi connectivity index (χ0v) is 29.2. The van der Waals surface area contributed by atoms with E-state index in [1.807, 2.05) is 26.8 Å². The Kier molecular flexibility index (Phi) is 10.0. The van der Waals surface area contributed by atoms with Gasteiger partial charge in [0.05, 0.1) is 10.6 Å². The molecule has 1 saturated carbocycles. The summed E-state index contributed by atoms with van der Waals surface area (Å²) in [5.41, 5.74) is 4.83. The van der Waals surface area contributed by atoms with E-state index in [1.54, 1.807) is 22.9 Å². The predicted octanol–water partition coefficient (Wildman–Crippen LogP) is 7.01. The number of aromatic nitrogens is 3. The lowest BCUT2D eigenvalue weighted by atomic mass is 9.89. The van der Waals surface area contributed by atoms with E-state index < -0.39 is 5.82 Å². The number of hydrogen-bond acceptors (Lipinski definition) is 7. The Labute approximate surface area is 286 Å². The summed E-state index contributed by atoms with van der Waals surface area (Å²) in [7, 11) is 2.15. The molecule has 0 bridgehead atoms. The molecule has 0 unspecified atom stereocenters. The second-order valence-corrected chi connectivity index (χ2v) is 14.2. The van der Waals surface area contributed by atoms with Crippen molar-refractivity contribution in [1.29, 1.82) is 0 Å². The molecule has 2 aliphatic rings. The minimum absolute atomic E-state index is 0.0564. The largest absolute Gasteiger partial charge is 0.369 e. The molecule has 11 heteroatoms. The smallest absolute Gasteiger partial charge is 0.260 e. The Morgan fingerprint density at radius 3 is 2.48 bits per heavy atom. The molecule has 1 amide bonds. The summed E-state index contributed by atoms with van der Waals surface area (Å²) in [6.07, 6.45) is 5.06. The third-order valence-electron chi connectivity index (χ3n) is 9.75. The van der Waals surface area contributed by atoms with Crippen LogP contribution in [-0.2, 0) is 4.79 Å². The van der Waals surface area contributed by atoms with Gasteiger partial charge in [-0.3, -0.25) is 14.2 Å². The third-order valence-corrected chi connectivity index (χ3v) is 10.1. The van der Waals surface area contributed by atoms with E-state index in [9.17, 15) is 14.0 Å². The number of nitrogens with zero attached hydrogens (tertiary/aromatic N) is 5. The Bertz CT molecular complexity index is 1880. The number of hydrogen-bond donors (Lipinski definition) is 2. The second-order valence-electron chi connectivity index (χ2n) is 13.8. The summed E-state index contributed by atoms with van der Waals surface area (Å²) in [5.74, 6) is 0.146. The zero-order valence-electron chi connectivity index (χ0n) is 28.4. The minimum atomic E-state index is -0.581. The van der Waals surface area contributed by atoms with Crippen LogP contribution >= 0.6 is 11.6 Å². The van der Waals surface area contributed by atoms with Gasteiger partial charge in [0.2, 0.25) is 11.9 Å². The molecule has 6 rings (SSSR count). The molecule has 1 saturated heterocycles. The van der Waals surface area contributed by atoms with Crippen LogP contribution in [0.2, 0.25) is 5.02 Å². The van der Waals surface area contributed by atoms with E-state index in [2.05, 4.69) is 51.5 Å². The first kappa shape index (κ1) is 33.9. The summed E-state index contributed by atoms with van der Waals surface area (Å²) < 4.78 is 16.4. The SMILES string of the molecule is Cc1cc(Nc2ncc3c(C)c(-c4cccc(F)c4Cl)c(=O)n([C@H]4CC[C@@H](NC(=O)CC(C)C)CC4)c3n2)ccc1N1CCN(C)CC1. The molecule has 2 N–H and O–H groups in total. The van der Waals surface area contributed by atoms with Crippen molar-refractivity contribution in [2.45, 2.75) is 71.9 Å². The molecule has 1 aliphatic heterocycles. The molecular weight excluding hydrogens is 629 g/mol. The Morgan fingerprint density at radius 2 is 1.79 bits per heavy atom. The van der Waals surface area contributed by atoms with Crippen LogP contribution in [0.1, 0.15) is 63.1 Å². The highest BCUT2D eigenvalue weighted by atomic mass is 35.5. The third kappa shape index (κ3) is 7.05. The van der Waals surface area contributed by atoms with Crippen LogP contribution < -0.4 is 21.1 Å². The molecule has 4 aromatic rings. The van der Waals surface area contributed by atoms with Gasteiger partial charge in [-0.15, -0.1) is 0 Å². The van der Waals surface area contributed by atoms with Crippen molar-refractivity contribution in [2.24, 2.45) is 5.92 Å². The van der Waals surface area contributed by atoms with Crippen molar-refractivity contribution in [3.05, 3.63) is 74.9 Å². The van der Waals surface area contributed by atoms with Crippen LogP contribution in [0.4, 0.5) is 21.7 Å². The summed E-state index contributed by atoms with van der Waals surface area (Å²) in [5, 5.41) is 7.15. The number of aryl methyl sites for hydroxylation is 2. The lowest BCUT2D eigenvalue weighted by Crippen LogP contribution is -2.44. The molecule has 2 aromatic heterocycles. The first-order valence-corrected chi connectivity index (χ1v) is 17.3. The van der Waals surface area contributed by atoms with Gasteiger partial charge in [0.25, 0.3) is 5.56 Å². The Morgan fingerprint density at radius 1 is 1.06 bits per heavy atom. The highest BCUT2D eigenvalue weighted by molar-refractivity contribution is 6.33. The van der Waals surface area contributed by atoms with E-state index >= 15 is 0 Å². The first-order valence-electron chi connectivity index (χ1n) is 17.0. The summed E-state index contributed by atoms with van der Waals surface area (Å²) in [6.45, 7) is 12.1. The average molecular weight is 674 g/mol. The number of carbonyl (C=O) groups excluding carboxylic acids is 1. The van der Waals surface area contributed by atoms with Crippen LogP contribution in [0, 0.1) is 25.6 Å². The monoisotopic (exact) mass is 673 g/mol. The lowest BCUT2D eigenvalue weighted by molar-refractivity contribution is -0.122. The number of fused-ring (bicyclic) bond motifs is 1. The molecule has 48 heavy (non-hydrogen) atoms. The van der Waals surface area contributed by atoms with Gasteiger partial charge in [0.1, 0.15) is 11.5 Å². The number of amides is 1. The molecule has 2 fully saturated rings. The number of halogens is 2. The van der Waals surface area contributed by atoms with Crippen molar-refractivity contribution in [3.8, 4) is 11.1 Å².